The molecule has 0 aliphatic carbocycles. The normalized spacial score (nSPS) is 11.7. The lowest BCUT2D eigenvalue weighted by molar-refractivity contribution is 0.929. The fourth-order valence-electron chi connectivity index (χ4n) is 1.65. The summed E-state index contributed by atoms with van der Waals surface area (Å²) in [5.74, 6) is 0. The Hall–Kier alpha value is -1.83. The molecule has 2 heteroatoms. The van der Waals surface area contributed by atoms with Gasteiger partial charge in [-0.1, -0.05) is 25.2 Å². The van der Waals surface area contributed by atoms with Gasteiger partial charge in [0.1, 0.15) is 0 Å². The van der Waals surface area contributed by atoms with Gasteiger partial charge in [-0.05, 0) is 48.7 Å². The maximum absolute atomic E-state index is 4.03. The second-order valence-corrected chi connectivity index (χ2v) is 4.12. The number of rotatable bonds is 8. The number of pyridine rings is 1. The maximum Gasteiger partial charge on any atom is 0.0325 e. The van der Waals surface area contributed by atoms with E-state index in [0.29, 0.717) is 0 Å². The average Bonchev–Trinajstić information content (AvgIpc) is 2.40. The van der Waals surface area contributed by atoms with Crippen LogP contribution in [0, 0.1) is 0 Å². The van der Waals surface area contributed by atoms with E-state index in [4.69, 9.17) is 0 Å². The largest absolute Gasteiger partial charge is 0.387 e. The summed E-state index contributed by atoms with van der Waals surface area (Å²) in [4.78, 5) is 4.03. The van der Waals surface area contributed by atoms with Gasteiger partial charge in [0.05, 0.1) is 0 Å². The first-order valence-electron chi connectivity index (χ1n) is 6.43. The van der Waals surface area contributed by atoms with Gasteiger partial charge in [0.25, 0.3) is 0 Å². The van der Waals surface area contributed by atoms with Crippen LogP contribution in [0.25, 0.3) is 0 Å². The first-order chi connectivity index (χ1) is 8.86. The quantitative estimate of drug-likeness (QED) is 0.556. The molecule has 0 radical (unpaired) electrons. The molecule has 0 amide bonds. The molecule has 96 valence electrons. The van der Waals surface area contributed by atoms with Crippen molar-refractivity contribution in [3.8, 4) is 0 Å². The van der Waals surface area contributed by atoms with Gasteiger partial charge in [-0.15, -0.1) is 6.58 Å². The van der Waals surface area contributed by atoms with Crippen LogP contribution in [0.5, 0.6) is 0 Å². The number of hydrogen-bond donors (Lipinski definition) is 1. The zero-order chi connectivity index (χ0) is 13.1. The molecule has 0 saturated heterocycles. The van der Waals surface area contributed by atoms with Crippen LogP contribution < -0.4 is 5.32 Å². The van der Waals surface area contributed by atoms with Gasteiger partial charge >= 0.3 is 0 Å². The van der Waals surface area contributed by atoms with E-state index in [0.717, 1.165) is 25.8 Å². The summed E-state index contributed by atoms with van der Waals surface area (Å²) in [6.45, 7) is 6.82. The lowest BCUT2D eigenvalue weighted by atomic mass is 10.0. The van der Waals surface area contributed by atoms with Crippen molar-refractivity contribution >= 4 is 0 Å². The third-order valence-electron chi connectivity index (χ3n) is 2.53. The number of aromatic nitrogens is 1. The predicted molar refractivity (Wildman–Crippen MR) is 78.3 cm³/mol. The molecule has 0 aliphatic rings. The highest BCUT2D eigenvalue weighted by molar-refractivity contribution is 5.20. The summed E-state index contributed by atoms with van der Waals surface area (Å²) in [6.07, 6.45) is 15.0. The number of allylic oxidation sites excluding steroid dienone is 3. The minimum atomic E-state index is 0.880. The van der Waals surface area contributed by atoms with E-state index in [9.17, 15) is 0 Å². The third kappa shape index (κ3) is 6.04. The number of hydrogen-bond acceptors (Lipinski definition) is 2. The molecule has 1 N–H and O–H groups in total. The lowest BCUT2D eigenvalue weighted by Crippen LogP contribution is -2.06. The SMILES string of the molecule is C=CC/C(=C\NC/C=C\CC)Cc1ccncc1. The van der Waals surface area contributed by atoms with Crippen molar-refractivity contribution in [3.63, 3.8) is 0 Å². The summed E-state index contributed by atoms with van der Waals surface area (Å²) in [5, 5.41) is 3.31. The molecule has 2 nitrogen and oxygen atoms in total. The topological polar surface area (TPSA) is 24.9 Å². The van der Waals surface area contributed by atoms with E-state index < -0.39 is 0 Å². The molecule has 1 rings (SSSR count). The Morgan fingerprint density at radius 1 is 1.33 bits per heavy atom. The second-order valence-electron chi connectivity index (χ2n) is 4.12. The fourth-order valence-corrected chi connectivity index (χ4v) is 1.65. The highest BCUT2D eigenvalue weighted by Crippen LogP contribution is 2.10. The summed E-state index contributed by atoms with van der Waals surface area (Å²) in [7, 11) is 0. The Morgan fingerprint density at radius 3 is 2.78 bits per heavy atom. The van der Waals surface area contributed by atoms with Crippen molar-refractivity contribution in [2.45, 2.75) is 26.2 Å². The van der Waals surface area contributed by atoms with Crippen LogP contribution in [0.15, 0.2) is 61.1 Å². The van der Waals surface area contributed by atoms with Crippen LogP contribution in [0.4, 0.5) is 0 Å². The van der Waals surface area contributed by atoms with E-state index in [1.165, 1.54) is 11.1 Å². The molecule has 0 unspecified atom stereocenters. The Morgan fingerprint density at radius 2 is 2.11 bits per heavy atom. The van der Waals surface area contributed by atoms with E-state index in [2.05, 4.69) is 42.2 Å². The van der Waals surface area contributed by atoms with Crippen LogP contribution in [0.3, 0.4) is 0 Å². The van der Waals surface area contributed by atoms with Crippen molar-refractivity contribution < 1.29 is 0 Å². The Balaban J connectivity index is 2.51. The van der Waals surface area contributed by atoms with Gasteiger partial charge in [-0.3, -0.25) is 4.98 Å². The van der Waals surface area contributed by atoms with E-state index in [1.807, 2.05) is 30.6 Å². The molecule has 18 heavy (non-hydrogen) atoms. The molecule has 1 aromatic heterocycles. The molecule has 0 saturated carbocycles. The van der Waals surface area contributed by atoms with E-state index in [1.54, 1.807) is 0 Å². The summed E-state index contributed by atoms with van der Waals surface area (Å²) in [6, 6.07) is 4.10. The minimum absolute atomic E-state index is 0.880. The molecule has 0 aliphatic heterocycles. The summed E-state index contributed by atoms with van der Waals surface area (Å²) in [5.41, 5.74) is 2.62. The van der Waals surface area contributed by atoms with Gasteiger partial charge in [0, 0.05) is 18.9 Å². The molecule has 0 bridgehead atoms. The average molecular weight is 242 g/mol. The Bertz CT molecular complexity index is 391. The molecule has 1 aromatic rings. The highest BCUT2D eigenvalue weighted by Gasteiger charge is 1.97. The van der Waals surface area contributed by atoms with Crippen LogP contribution in [0.1, 0.15) is 25.3 Å². The Kier molecular flexibility index (Phi) is 7.29. The first-order valence-corrected chi connectivity index (χ1v) is 6.43. The van der Waals surface area contributed by atoms with Gasteiger partial charge in [-0.25, -0.2) is 0 Å². The second kappa shape index (κ2) is 9.23. The maximum atomic E-state index is 4.03. The monoisotopic (exact) mass is 242 g/mol. The smallest absolute Gasteiger partial charge is 0.0325 e. The molecule has 0 spiro atoms. The first kappa shape index (κ1) is 14.2. The molecule has 1 heterocycles. The lowest BCUT2D eigenvalue weighted by Gasteiger charge is -2.06. The van der Waals surface area contributed by atoms with Crippen LogP contribution in [-0.2, 0) is 6.42 Å². The van der Waals surface area contributed by atoms with Gasteiger partial charge in [-0.2, -0.15) is 0 Å². The Labute approximate surface area is 110 Å². The fraction of sp³-hybridized carbons (Fsp3) is 0.312. The van der Waals surface area contributed by atoms with Crippen LogP contribution in [0.2, 0.25) is 0 Å². The zero-order valence-corrected chi connectivity index (χ0v) is 11.1. The molecule has 0 aromatic carbocycles. The van der Waals surface area contributed by atoms with E-state index in [-0.39, 0.29) is 0 Å². The summed E-state index contributed by atoms with van der Waals surface area (Å²) < 4.78 is 0. The molecular weight excluding hydrogens is 220 g/mol. The predicted octanol–water partition coefficient (Wildman–Crippen LogP) is 3.64. The standard InChI is InChI=1S/C16H22N2/c1-3-5-6-10-18-14-16(7-4-2)13-15-8-11-17-12-9-15/h4-6,8-9,11-12,14,18H,2-3,7,10,13H2,1H3/b6-5-,16-14+. The number of nitrogens with one attached hydrogen (secondary N) is 1. The third-order valence-corrected chi connectivity index (χ3v) is 2.53. The summed E-state index contributed by atoms with van der Waals surface area (Å²) >= 11 is 0. The van der Waals surface area contributed by atoms with Crippen LogP contribution >= 0.6 is 0 Å². The molecule has 0 atom stereocenters. The molecular formula is C16H22N2. The van der Waals surface area contributed by atoms with Crippen LogP contribution in [-0.4, -0.2) is 11.5 Å². The van der Waals surface area contributed by atoms with Crippen molar-refractivity contribution in [1.82, 2.24) is 10.3 Å². The zero-order valence-electron chi connectivity index (χ0n) is 11.1. The van der Waals surface area contributed by atoms with E-state index >= 15 is 0 Å². The molecule has 0 fully saturated rings. The van der Waals surface area contributed by atoms with Crippen molar-refractivity contribution in [1.29, 1.82) is 0 Å². The van der Waals surface area contributed by atoms with Gasteiger partial charge in [0.2, 0.25) is 0 Å². The minimum Gasteiger partial charge on any atom is -0.387 e. The van der Waals surface area contributed by atoms with Gasteiger partial charge in [0.15, 0.2) is 0 Å². The van der Waals surface area contributed by atoms with Crippen molar-refractivity contribution in [2.24, 2.45) is 0 Å². The van der Waals surface area contributed by atoms with Crippen molar-refractivity contribution in [2.75, 3.05) is 6.54 Å². The highest BCUT2D eigenvalue weighted by atomic mass is 14.8. The van der Waals surface area contributed by atoms with Crippen molar-refractivity contribution in [3.05, 3.63) is 66.7 Å². The van der Waals surface area contributed by atoms with Gasteiger partial charge < -0.3 is 5.32 Å². The number of nitrogens with zero attached hydrogens (tertiary/aromatic N) is 1.